The second-order valence-electron chi connectivity index (χ2n) is 7.28. The standard InChI is InChI=1S/C23H28ClNO4/c1-2-28-23(27)15-29-21-11-8-16-6-9-20(10-7-17(16)13-21)25-14-22(26)18-4-3-5-19(24)12-18/h3-5,8,11-13,20,22,25-26H,2,6-7,9-10,14-15H2,1H3/t20?,22-/m0/s1. The van der Waals surface area contributed by atoms with E-state index in [-0.39, 0.29) is 12.6 Å². The van der Waals surface area contributed by atoms with E-state index in [2.05, 4.69) is 11.4 Å². The number of aliphatic hydroxyl groups excluding tert-OH is 1. The minimum absolute atomic E-state index is 0.0712. The minimum Gasteiger partial charge on any atom is -0.482 e. The number of hydrogen-bond acceptors (Lipinski definition) is 5. The predicted molar refractivity (Wildman–Crippen MR) is 113 cm³/mol. The summed E-state index contributed by atoms with van der Waals surface area (Å²) in [5.74, 6) is 0.338. The number of esters is 1. The topological polar surface area (TPSA) is 67.8 Å². The highest BCUT2D eigenvalue weighted by atomic mass is 35.5. The van der Waals surface area contributed by atoms with Crippen LogP contribution in [0.15, 0.2) is 42.5 Å². The van der Waals surface area contributed by atoms with Crippen LogP contribution in [0.2, 0.25) is 5.02 Å². The van der Waals surface area contributed by atoms with Gasteiger partial charge in [-0.3, -0.25) is 0 Å². The number of nitrogens with one attached hydrogen (secondary N) is 1. The van der Waals surface area contributed by atoms with E-state index < -0.39 is 6.10 Å². The molecule has 0 spiro atoms. The third-order valence-electron chi connectivity index (χ3n) is 5.20. The zero-order chi connectivity index (χ0) is 20.6. The normalized spacial score (nSPS) is 17.1. The van der Waals surface area contributed by atoms with E-state index in [0.717, 1.165) is 31.2 Å². The summed E-state index contributed by atoms with van der Waals surface area (Å²) in [6.45, 7) is 2.55. The lowest BCUT2D eigenvalue weighted by molar-refractivity contribution is -0.145. The van der Waals surface area contributed by atoms with Gasteiger partial charge in [0.15, 0.2) is 6.61 Å². The van der Waals surface area contributed by atoms with E-state index in [0.29, 0.717) is 30.0 Å². The van der Waals surface area contributed by atoms with Crippen LogP contribution in [0.5, 0.6) is 5.75 Å². The highest BCUT2D eigenvalue weighted by Crippen LogP contribution is 2.26. The van der Waals surface area contributed by atoms with Gasteiger partial charge in [-0.05, 0) is 73.6 Å². The zero-order valence-corrected chi connectivity index (χ0v) is 17.5. The first-order valence-electron chi connectivity index (χ1n) is 10.1. The first-order valence-corrected chi connectivity index (χ1v) is 10.5. The van der Waals surface area contributed by atoms with E-state index in [1.165, 1.54) is 11.1 Å². The van der Waals surface area contributed by atoms with E-state index in [1.54, 1.807) is 19.1 Å². The summed E-state index contributed by atoms with van der Waals surface area (Å²) in [6, 6.07) is 13.7. The molecule has 0 radical (unpaired) electrons. The van der Waals surface area contributed by atoms with Crippen molar-refractivity contribution in [1.82, 2.24) is 5.32 Å². The molecule has 2 atom stereocenters. The molecule has 1 unspecified atom stereocenters. The Labute approximate surface area is 177 Å². The van der Waals surface area contributed by atoms with Crippen molar-refractivity contribution in [2.24, 2.45) is 0 Å². The number of halogens is 1. The van der Waals surface area contributed by atoms with Gasteiger partial charge in [-0.2, -0.15) is 0 Å². The summed E-state index contributed by atoms with van der Waals surface area (Å²) >= 11 is 6.01. The lowest BCUT2D eigenvalue weighted by Gasteiger charge is -2.19. The van der Waals surface area contributed by atoms with Gasteiger partial charge in [0.2, 0.25) is 0 Å². The van der Waals surface area contributed by atoms with Crippen molar-refractivity contribution in [2.75, 3.05) is 19.8 Å². The Morgan fingerprint density at radius 1 is 1.21 bits per heavy atom. The molecule has 0 bridgehead atoms. The van der Waals surface area contributed by atoms with Gasteiger partial charge in [-0.15, -0.1) is 0 Å². The number of carbonyl (C=O) groups excluding carboxylic acids is 1. The fourth-order valence-corrected chi connectivity index (χ4v) is 3.83. The number of hydrogen-bond donors (Lipinski definition) is 2. The Bertz CT molecular complexity index is 826. The number of ether oxygens (including phenoxy) is 2. The maximum absolute atomic E-state index is 11.5. The minimum atomic E-state index is -0.581. The smallest absolute Gasteiger partial charge is 0.344 e. The largest absolute Gasteiger partial charge is 0.482 e. The van der Waals surface area contributed by atoms with Crippen LogP contribution in [0.4, 0.5) is 0 Å². The van der Waals surface area contributed by atoms with Crippen molar-refractivity contribution >= 4 is 17.6 Å². The van der Waals surface area contributed by atoms with Crippen LogP contribution in [0, 0.1) is 0 Å². The monoisotopic (exact) mass is 417 g/mol. The van der Waals surface area contributed by atoms with Crippen LogP contribution < -0.4 is 10.1 Å². The Balaban J connectivity index is 1.51. The lowest BCUT2D eigenvalue weighted by atomic mass is 10.0. The molecule has 29 heavy (non-hydrogen) atoms. The van der Waals surface area contributed by atoms with Crippen molar-refractivity contribution in [3.63, 3.8) is 0 Å². The molecule has 6 heteroatoms. The van der Waals surface area contributed by atoms with Gasteiger partial charge in [-0.25, -0.2) is 4.79 Å². The summed E-state index contributed by atoms with van der Waals surface area (Å²) in [5, 5.41) is 14.6. The molecule has 0 heterocycles. The van der Waals surface area contributed by atoms with Gasteiger partial charge in [0.1, 0.15) is 5.75 Å². The molecule has 0 aromatic heterocycles. The molecule has 5 nitrogen and oxygen atoms in total. The average molecular weight is 418 g/mol. The molecule has 2 aromatic carbocycles. The second-order valence-corrected chi connectivity index (χ2v) is 7.71. The Morgan fingerprint density at radius 2 is 2.00 bits per heavy atom. The third-order valence-corrected chi connectivity index (χ3v) is 5.43. The Kier molecular flexibility index (Phi) is 7.92. The van der Waals surface area contributed by atoms with E-state index in [4.69, 9.17) is 21.1 Å². The van der Waals surface area contributed by atoms with Gasteiger partial charge >= 0.3 is 5.97 Å². The van der Waals surface area contributed by atoms with Crippen molar-refractivity contribution in [1.29, 1.82) is 0 Å². The van der Waals surface area contributed by atoms with Crippen LogP contribution in [-0.2, 0) is 22.4 Å². The summed E-state index contributed by atoms with van der Waals surface area (Å²) in [5.41, 5.74) is 3.39. The van der Waals surface area contributed by atoms with Crippen LogP contribution in [0.1, 0.15) is 42.6 Å². The fraction of sp³-hybridized carbons (Fsp3) is 0.435. The van der Waals surface area contributed by atoms with Crippen molar-refractivity contribution in [3.05, 3.63) is 64.2 Å². The molecular formula is C23H28ClNO4. The summed E-state index contributed by atoms with van der Waals surface area (Å²) in [6.07, 6.45) is 3.31. The van der Waals surface area contributed by atoms with Gasteiger partial charge in [0.05, 0.1) is 12.7 Å². The molecule has 0 aliphatic heterocycles. The molecule has 0 fully saturated rings. The average Bonchev–Trinajstić information content (AvgIpc) is 2.92. The van der Waals surface area contributed by atoms with Gasteiger partial charge in [0, 0.05) is 17.6 Å². The first-order chi connectivity index (χ1) is 14.0. The molecule has 3 rings (SSSR count). The van der Waals surface area contributed by atoms with Gasteiger partial charge < -0.3 is 19.9 Å². The molecular weight excluding hydrogens is 390 g/mol. The second kappa shape index (κ2) is 10.6. The van der Waals surface area contributed by atoms with Crippen molar-refractivity contribution in [2.45, 2.75) is 44.8 Å². The molecule has 156 valence electrons. The van der Waals surface area contributed by atoms with Crippen LogP contribution in [0.3, 0.4) is 0 Å². The Hall–Kier alpha value is -2.08. The highest BCUT2D eigenvalue weighted by molar-refractivity contribution is 6.30. The lowest BCUT2D eigenvalue weighted by Crippen LogP contribution is -2.33. The molecule has 1 aliphatic carbocycles. The number of rotatable bonds is 8. The Morgan fingerprint density at radius 3 is 2.76 bits per heavy atom. The van der Waals surface area contributed by atoms with Crippen LogP contribution >= 0.6 is 11.6 Å². The molecule has 0 saturated heterocycles. The summed E-state index contributed by atoms with van der Waals surface area (Å²) < 4.78 is 10.5. The maximum Gasteiger partial charge on any atom is 0.344 e. The third kappa shape index (κ3) is 6.46. The summed E-state index contributed by atoms with van der Waals surface area (Å²) in [4.78, 5) is 11.5. The van der Waals surface area contributed by atoms with Crippen LogP contribution in [-0.4, -0.2) is 36.9 Å². The molecule has 0 saturated carbocycles. The highest BCUT2D eigenvalue weighted by Gasteiger charge is 2.18. The molecule has 1 aliphatic rings. The summed E-state index contributed by atoms with van der Waals surface area (Å²) in [7, 11) is 0. The fourth-order valence-electron chi connectivity index (χ4n) is 3.63. The van der Waals surface area contributed by atoms with E-state index >= 15 is 0 Å². The maximum atomic E-state index is 11.5. The van der Waals surface area contributed by atoms with Crippen molar-refractivity contribution in [3.8, 4) is 5.75 Å². The first kappa shape index (κ1) is 21.6. The number of aryl methyl sites for hydroxylation is 2. The molecule has 2 aromatic rings. The number of benzene rings is 2. The van der Waals surface area contributed by atoms with E-state index in [9.17, 15) is 9.90 Å². The number of aliphatic hydroxyl groups is 1. The van der Waals surface area contributed by atoms with E-state index in [1.807, 2.05) is 24.3 Å². The SMILES string of the molecule is CCOC(=O)COc1ccc2c(c1)CCC(NC[C@H](O)c1cccc(Cl)c1)CC2. The molecule has 2 N–H and O–H groups in total. The zero-order valence-electron chi connectivity index (χ0n) is 16.7. The number of carbonyl (C=O) groups is 1. The quantitative estimate of drug-likeness (QED) is 0.504. The predicted octanol–water partition coefficient (Wildman–Crippen LogP) is 3.85. The van der Waals surface area contributed by atoms with Crippen molar-refractivity contribution < 1.29 is 19.4 Å². The van der Waals surface area contributed by atoms with Crippen LogP contribution in [0.25, 0.3) is 0 Å². The number of fused-ring (bicyclic) bond motifs is 1. The van der Waals surface area contributed by atoms with Gasteiger partial charge in [0.25, 0.3) is 0 Å². The molecule has 0 amide bonds. The van der Waals surface area contributed by atoms with Gasteiger partial charge in [-0.1, -0.05) is 29.8 Å².